The zero-order valence-corrected chi connectivity index (χ0v) is 14.2. The quantitative estimate of drug-likeness (QED) is 0.896. The van der Waals surface area contributed by atoms with Crippen LogP contribution in [0, 0.1) is 13.8 Å². The summed E-state index contributed by atoms with van der Waals surface area (Å²) >= 11 is 5.27. The van der Waals surface area contributed by atoms with E-state index < -0.39 is 0 Å². The second-order valence-corrected chi connectivity index (χ2v) is 7.65. The Balaban J connectivity index is 2.42. The first-order valence-electron chi connectivity index (χ1n) is 6.28. The van der Waals surface area contributed by atoms with Gasteiger partial charge in [-0.05, 0) is 45.4 Å². The number of nitrogens with two attached hydrogens (primary N) is 1. The van der Waals surface area contributed by atoms with Crippen LogP contribution in [0.4, 0.5) is 0 Å². The highest BCUT2D eigenvalue weighted by molar-refractivity contribution is 9.10. The van der Waals surface area contributed by atoms with Gasteiger partial charge in [-0.1, -0.05) is 22.0 Å². The molecule has 0 radical (unpaired) electrons. The van der Waals surface area contributed by atoms with Gasteiger partial charge in [-0.3, -0.25) is 0 Å². The summed E-state index contributed by atoms with van der Waals surface area (Å²) in [6, 6.07) is 6.30. The van der Waals surface area contributed by atoms with Gasteiger partial charge >= 0.3 is 0 Å². The van der Waals surface area contributed by atoms with Crippen molar-refractivity contribution in [2.24, 2.45) is 5.73 Å². The first-order valence-corrected chi connectivity index (χ1v) is 7.89. The second-order valence-electron chi connectivity index (χ2n) is 5.65. The maximum atomic E-state index is 6.11. The molecule has 0 saturated carbocycles. The average Bonchev–Trinajstić information content (AvgIpc) is 2.61. The van der Waals surface area contributed by atoms with Gasteiger partial charge in [-0.25, -0.2) is 4.98 Å². The number of aromatic nitrogens is 1. The summed E-state index contributed by atoms with van der Waals surface area (Å²) in [5.74, 6) is 0. The Hall–Kier alpha value is -0.710. The fraction of sp³-hybridized carbons (Fsp3) is 0.400. The van der Waals surface area contributed by atoms with E-state index in [1.165, 1.54) is 16.0 Å². The van der Waals surface area contributed by atoms with Crippen LogP contribution in [0.15, 0.2) is 22.7 Å². The number of hydrogen-bond donors (Lipinski definition) is 1. The fourth-order valence-electron chi connectivity index (χ4n) is 1.95. The highest BCUT2D eigenvalue weighted by atomic mass is 79.9. The maximum absolute atomic E-state index is 6.11. The van der Waals surface area contributed by atoms with E-state index in [0.29, 0.717) is 0 Å². The second kappa shape index (κ2) is 5.35. The van der Waals surface area contributed by atoms with Crippen molar-refractivity contribution < 1.29 is 0 Å². The Morgan fingerprint density at radius 3 is 2.63 bits per heavy atom. The molecule has 2 aromatic rings. The Morgan fingerprint density at radius 2 is 2.00 bits per heavy atom. The summed E-state index contributed by atoms with van der Waals surface area (Å²) < 4.78 is 1.08. The van der Waals surface area contributed by atoms with Crippen LogP contribution >= 0.6 is 27.3 Å². The number of benzene rings is 1. The molecule has 0 atom stereocenters. The third-order valence-corrected chi connectivity index (χ3v) is 4.62. The van der Waals surface area contributed by atoms with E-state index in [4.69, 9.17) is 10.7 Å². The first-order chi connectivity index (χ1) is 8.76. The van der Waals surface area contributed by atoms with Crippen LogP contribution in [0.25, 0.3) is 10.6 Å². The average molecular weight is 339 g/mol. The number of aryl methyl sites for hydroxylation is 2. The van der Waals surface area contributed by atoms with Gasteiger partial charge in [0.1, 0.15) is 5.01 Å². The summed E-state index contributed by atoms with van der Waals surface area (Å²) in [5.41, 5.74) is 9.46. The summed E-state index contributed by atoms with van der Waals surface area (Å²) in [7, 11) is 0. The predicted molar refractivity (Wildman–Crippen MR) is 86.7 cm³/mol. The Morgan fingerprint density at radius 1 is 1.32 bits per heavy atom. The monoisotopic (exact) mass is 338 g/mol. The molecule has 19 heavy (non-hydrogen) atoms. The van der Waals surface area contributed by atoms with E-state index in [0.717, 1.165) is 21.6 Å². The van der Waals surface area contributed by atoms with Crippen molar-refractivity contribution in [3.05, 3.63) is 38.8 Å². The van der Waals surface area contributed by atoms with E-state index >= 15 is 0 Å². The molecule has 0 saturated heterocycles. The van der Waals surface area contributed by atoms with E-state index in [9.17, 15) is 0 Å². The molecule has 0 unspecified atom stereocenters. The van der Waals surface area contributed by atoms with Crippen LogP contribution in [-0.4, -0.2) is 10.5 Å². The maximum Gasteiger partial charge on any atom is 0.124 e. The van der Waals surface area contributed by atoms with Gasteiger partial charge in [-0.2, -0.15) is 0 Å². The number of thiazole rings is 1. The molecule has 0 aliphatic heterocycles. The minimum atomic E-state index is -0.194. The Labute approximate surface area is 127 Å². The van der Waals surface area contributed by atoms with Gasteiger partial charge in [0.15, 0.2) is 0 Å². The molecular weight excluding hydrogens is 320 g/mol. The van der Waals surface area contributed by atoms with Crippen LogP contribution in [0.1, 0.15) is 30.0 Å². The summed E-state index contributed by atoms with van der Waals surface area (Å²) in [5, 5.41) is 1.08. The van der Waals surface area contributed by atoms with Crippen molar-refractivity contribution in [1.29, 1.82) is 0 Å². The lowest BCUT2D eigenvalue weighted by Gasteiger charge is -2.17. The van der Waals surface area contributed by atoms with Crippen LogP contribution < -0.4 is 5.73 Å². The molecule has 4 heteroatoms. The lowest BCUT2D eigenvalue weighted by Crippen LogP contribution is -2.34. The molecule has 1 aromatic heterocycles. The highest BCUT2D eigenvalue weighted by Gasteiger charge is 2.18. The molecule has 2 rings (SSSR count). The number of nitrogens with zero attached hydrogens (tertiary/aromatic N) is 1. The van der Waals surface area contributed by atoms with Crippen LogP contribution in [-0.2, 0) is 6.42 Å². The van der Waals surface area contributed by atoms with Crippen molar-refractivity contribution in [2.75, 3.05) is 0 Å². The van der Waals surface area contributed by atoms with Gasteiger partial charge in [0, 0.05) is 26.9 Å². The van der Waals surface area contributed by atoms with Crippen molar-refractivity contribution in [3.8, 4) is 10.6 Å². The molecule has 0 aliphatic rings. The molecule has 0 fully saturated rings. The lowest BCUT2D eigenvalue weighted by molar-refractivity contribution is 0.519. The highest BCUT2D eigenvalue weighted by Crippen LogP contribution is 2.33. The molecule has 1 aromatic carbocycles. The smallest absolute Gasteiger partial charge is 0.124 e. The Kier molecular flexibility index (Phi) is 4.14. The number of hydrogen-bond acceptors (Lipinski definition) is 3. The topological polar surface area (TPSA) is 38.9 Å². The lowest BCUT2D eigenvalue weighted by atomic mass is 10.0. The van der Waals surface area contributed by atoms with Crippen LogP contribution in [0.5, 0.6) is 0 Å². The molecule has 0 aliphatic carbocycles. The Bertz CT molecular complexity index is 597. The SMILES string of the molecule is Cc1ccc(Br)cc1-c1nc(C)c(CC(C)(C)N)s1. The van der Waals surface area contributed by atoms with E-state index in [1.54, 1.807) is 11.3 Å². The molecule has 0 amide bonds. The molecule has 2 N–H and O–H groups in total. The van der Waals surface area contributed by atoms with Gasteiger partial charge in [0.05, 0.1) is 5.69 Å². The minimum absolute atomic E-state index is 0.194. The van der Waals surface area contributed by atoms with Gasteiger partial charge in [0.2, 0.25) is 0 Å². The first kappa shape index (κ1) is 14.7. The standard InChI is InChI=1S/C15H19BrN2S/c1-9-5-6-11(16)7-12(9)14-18-10(2)13(19-14)8-15(3,4)17/h5-7H,8,17H2,1-4H3. The minimum Gasteiger partial charge on any atom is -0.325 e. The molecular formula is C15H19BrN2S. The normalized spacial score (nSPS) is 11.9. The third-order valence-electron chi connectivity index (χ3n) is 2.94. The zero-order valence-electron chi connectivity index (χ0n) is 11.7. The fourth-order valence-corrected chi connectivity index (χ4v) is 3.69. The molecule has 0 bridgehead atoms. The third kappa shape index (κ3) is 3.65. The van der Waals surface area contributed by atoms with E-state index in [-0.39, 0.29) is 5.54 Å². The van der Waals surface area contributed by atoms with Crippen molar-refractivity contribution >= 4 is 27.3 Å². The molecule has 102 valence electrons. The molecule has 0 spiro atoms. The van der Waals surface area contributed by atoms with E-state index in [1.807, 2.05) is 0 Å². The summed E-state index contributed by atoms with van der Waals surface area (Å²) in [6.45, 7) is 8.28. The van der Waals surface area contributed by atoms with Gasteiger partial charge in [-0.15, -0.1) is 11.3 Å². The van der Waals surface area contributed by atoms with Crippen molar-refractivity contribution in [3.63, 3.8) is 0 Å². The molecule has 1 heterocycles. The predicted octanol–water partition coefficient (Wildman–Crippen LogP) is 4.47. The number of halogens is 1. The van der Waals surface area contributed by atoms with Crippen LogP contribution in [0.3, 0.4) is 0 Å². The van der Waals surface area contributed by atoms with Gasteiger partial charge in [0.25, 0.3) is 0 Å². The van der Waals surface area contributed by atoms with E-state index in [2.05, 4.69) is 61.8 Å². The summed E-state index contributed by atoms with van der Waals surface area (Å²) in [6.07, 6.45) is 0.865. The largest absolute Gasteiger partial charge is 0.325 e. The zero-order chi connectivity index (χ0) is 14.2. The number of rotatable bonds is 3. The van der Waals surface area contributed by atoms with Crippen LogP contribution in [0.2, 0.25) is 0 Å². The van der Waals surface area contributed by atoms with Crippen molar-refractivity contribution in [1.82, 2.24) is 4.98 Å². The van der Waals surface area contributed by atoms with Gasteiger partial charge < -0.3 is 5.73 Å². The van der Waals surface area contributed by atoms with Crippen molar-refractivity contribution in [2.45, 2.75) is 39.7 Å². The summed E-state index contributed by atoms with van der Waals surface area (Å²) in [4.78, 5) is 5.99. The molecule has 2 nitrogen and oxygen atoms in total.